The van der Waals surface area contributed by atoms with Crippen LogP contribution in [0.25, 0.3) is 11.3 Å². The summed E-state index contributed by atoms with van der Waals surface area (Å²) in [7, 11) is 0. The molecule has 0 radical (unpaired) electrons. The Kier molecular flexibility index (Phi) is 5.27. The molecule has 0 atom stereocenters. The number of rotatable bonds is 1. The molecular formula is C13H11FeNO2. The van der Waals surface area contributed by atoms with E-state index < -0.39 is 5.76 Å². The Hall–Kier alpha value is -1.77. The van der Waals surface area contributed by atoms with E-state index in [1.165, 1.54) is 6.26 Å². The molecule has 0 aliphatic heterocycles. The number of hydrogen-bond donors (Lipinski definition) is 1. The topological polar surface area (TPSA) is 46.0 Å². The predicted molar refractivity (Wildman–Crippen MR) is 62.4 cm³/mol. The zero-order valence-corrected chi connectivity index (χ0v) is 10.0. The van der Waals surface area contributed by atoms with Gasteiger partial charge in [-0.25, -0.2) is 16.9 Å². The van der Waals surface area contributed by atoms with Gasteiger partial charge >= 0.3 is 22.8 Å². The normalized spacial score (nSPS) is 8.94. The monoisotopic (exact) mass is 269 g/mol. The smallest absolute Gasteiger partial charge is 0.463 e. The van der Waals surface area contributed by atoms with Crippen LogP contribution >= 0.6 is 0 Å². The molecule has 0 aliphatic carbocycles. The Morgan fingerprint density at radius 1 is 1.12 bits per heavy atom. The average Bonchev–Trinajstić information content (AvgIpc) is 3.03. The standard InChI is InChI=1S/C8H6NO2.C5H5.Fe/c10-8-9-7(5-11-8)6-3-1-2-4-6;1-2-4-5-3-1;/h1-5H,(H,9,10);1-5H;/q2*-1;+2. The third kappa shape index (κ3) is 3.94. The molecule has 3 aromatic rings. The predicted octanol–water partition coefficient (Wildman–Crippen LogP) is 2.76. The number of hydrogen-bond acceptors (Lipinski definition) is 2. The molecule has 1 N–H and O–H groups in total. The number of H-pyrrole nitrogens is 1. The molecule has 0 saturated heterocycles. The third-order valence-corrected chi connectivity index (χ3v) is 2.05. The molecule has 3 nitrogen and oxygen atoms in total. The van der Waals surface area contributed by atoms with Crippen molar-refractivity contribution in [1.82, 2.24) is 4.98 Å². The van der Waals surface area contributed by atoms with E-state index in [4.69, 9.17) is 0 Å². The van der Waals surface area contributed by atoms with Gasteiger partial charge in [0, 0.05) is 12.0 Å². The molecule has 0 spiro atoms. The third-order valence-electron chi connectivity index (χ3n) is 2.05. The van der Waals surface area contributed by atoms with Crippen molar-refractivity contribution in [2.24, 2.45) is 0 Å². The van der Waals surface area contributed by atoms with Gasteiger partial charge in [-0.15, -0.1) is 12.1 Å². The van der Waals surface area contributed by atoms with Crippen LogP contribution in [0, 0.1) is 0 Å². The van der Waals surface area contributed by atoms with E-state index in [1.54, 1.807) is 0 Å². The summed E-state index contributed by atoms with van der Waals surface area (Å²) < 4.78 is 4.58. The second kappa shape index (κ2) is 6.74. The van der Waals surface area contributed by atoms with Gasteiger partial charge in [-0.05, 0) is 0 Å². The van der Waals surface area contributed by atoms with Gasteiger partial charge in [0.15, 0.2) is 0 Å². The summed E-state index contributed by atoms with van der Waals surface area (Å²) in [6.07, 6.45) is 1.41. The Labute approximate surface area is 109 Å². The number of aromatic nitrogens is 1. The molecule has 3 rings (SSSR count). The maximum Gasteiger partial charge on any atom is 2.00 e. The van der Waals surface area contributed by atoms with Crippen LogP contribution in [0.1, 0.15) is 0 Å². The van der Waals surface area contributed by atoms with Gasteiger partial charge in [0.25, 0.3) is 0 Å². The van der Waals surface area contributed by atoms with Gasteiger partial charge < -0.3 is 9.40 Å². The summed E-state index contributed by atoms with van der Waals surface area (Å²) in [6, 6.07) is 17.6. The first-order chi connectivity index (χ1) is 7.86. The van der Waals surface area contributed by atoms with Gasteiger partial charge in [0.2, 0.25) is 0 Å². The molecule has 1 aromatic heterocycles. The van der Waals surface area contributed by atoms with Crippen molar-refractivity contribution >= 4 is 0 Å². The van der Waals surface area contributed by atoms with Crippen molar-refractivity contribution in [1.29, 1.82) is 0 Å². The summed E-state index contributed by atoms with van der Waals surface area (Å²) >= 11 is 0. The molecule has 2 aromatic carbocycles. The molecule has 4 heteroatoms. The zero-order valence-electron chi connectivity index (χ0n) is 8.94. The van der Waals surface area contributed by atoms with E-state index in [1.807, 2.05) is 54.6 Å². The van der Waals surface area contributed by atoms with Crippen LogP contribution in [-0.4, -0.2) is 4.98 Å². The Bertz CT molecular complexity index is 529. The molecule has 0 unspecified atom stereocenters. The number of nitrogens with one attached hydrogen (secondary N) is 1. The second-order valence-electron chi connectivity index (χ2n) is 3.20. The number of oxazole rings is 1. The Balaban J connectivity index is 0.000000205. The summed E-state index contributed by atoms with van der Waals surface area (Å²) in [5.41, 5.74) is 1.69. The molecule has 0 amide bonds. The van der Waals surface area contributed by atoms with Crippen molar-refractivity contribution in [3.8, 4) is 11.3 Å². The summed E-state index contributed by atoms with van der Waals surface area (Å²) in [5, 5.41) is 0. The molecule has 17 heavy (non-hydrogen) atoms. The van der Waals surface area contributed by atoms with Gasteiger partial charge in [0.1, 0.15) is 0 Å². The first-order valence-corrected chi connectivity index (χ1v) is 4.93. The van der Waals surface area contributed by atoms with E-state index in [-0.39, 0.29) is 17.1 Å². The van der Waals surface area contributed by atoms with E-state index >= 15 is 0 Å². The average molecular weight is 269 g/mol. The summed E-state index contributed by atoms with van der Waals surface area (Å²) in [4.78, 5) is 13.1. The van der Waals surface area contributed by atoms with Crippen molar-refractivity contribution in [3.63, 3.8) is 0 Å². The Morgan fingerprint density at radius 2 is 1.76 bits per heavy atom. The maximum atomic E-state index is 10.6. The van der Waals surface area contributed by atoms with E-state index in [9.17, 15) is 4.79 Å². The molecule has 0 saturated carbocycles. The summed E-state index contributed by atoms with van der Waals surface area (Å²) in [5.74, 6) is -0.416. The van der Waals surface area contributed by atoms with Crippen molar-refractivity contribution < 1.29 is 21.5 Å². The van der Waals surface area contributed by atoms with Crippen LogP contribution in [0.5, 0.6) is 0 Å². The van der Waals surface area contributed by atoms with Crippen LogP contribution in [-0.2, 0) is 17.1 Å². The minimum atomic E-state index is -0.416. The molecule has 88 valence electrons. The molecule has 1 heterocycles. The largest absolute Gasteiger partial charge is 2.00 e. The first kappa shape index (κ1) is 13.3. The van der Waals surface area contributed by atoms with Gasteiger partial charge in [-0.1, -0.05) is 5.56 Å². The quantitative estimate of drug-likeness (QED) is 0.545. The molecular weight excluding hydrogens is 258 g/mol. The summed E-state index contributed by atoms with van der Waals surface area (Å²) in [6.45, 7) is 0. The fourth-order valence-corrected chi connectivity index (χ4v) is 1.30. The van der Waals surface area contributed by atoms with Crippen LogP contribution in [0.2, 0.25) is 0 Å². The van der Waals surface area contributed by atoms with Crippen molar-refractivity contribution in [2.75, 3.05) is 0 Å². The fraction of sp³-hybridized carbons (Fsp3) is 0. The first-order valence-electron chi connectivity index (χ1n) is 4.93. The van der Waals surface area contributed by atoms with Gasteiger partial charge in [-0.2, -0.15) is 30.3 Å². The van der Waals surface area contributed by atoms with E-state index in [2.05, 4.69) is 9.40 Å². The van der Waals surface area contributed by atoms with Crippen LogP contribution < -0.4 is 5.76 Å². The molecule has 0 bridgehead atoms. The Morgan fingerprint density at radius 3 is 2.18 bits per heavy atom. The molecule has 0 fully saturated rings. The second-order valence-corrected chi connectivity index (χ2v) is 3.20. The number of aromatic amines is 1. The van der Waals surface area contributed by atoms with Crippen molar-refractivity contribution in [2.45, 2.75) is 0 Å². The van der Waals surface area contributed by atoms with E-state index in [0.29, 0.717) is 0 Å². The maximum absolute atomic E-state index is 10.6. The van der Waals surface area contributed by atoms with Gasteiger partial charge in [0.05, 0.1) is 0 Å². The van der Waals surface area contributed by atoms with Crippen LogP contribution in [0.4, 0.5) is 0 Å². The fourth-order valence-electron chi connectivity index (χ4n) is 1.30. The zero-order chi connectivity index (χ0) is 11.2. The SMILES string of the molecule is O=c1[nH]c(-[c-]2cccc2)co1.[Fe+2].c1cc[cH-]c1. The van der Waals surface area contributed by atoms with Crippen LogP contribution in [0.15, 0.2) is 70.1 Å². The molecule has 0 aliphatic rings. The van der Waals surface area contributed by atoms with Gasteiger partial charge in [-0.3, -0.25) is 0 Å². The minimum Gasteiger partial charge on any atom is -0.463 e. The van der Waals surface area contributed by atoms with Crippen LogP contribution in [0.3, 0.4) is 0 Å². The minimum absolute atomic E-state index is 0. The van der Waals surface area contributed by atoms with Crippen molar-refractivity contribution in [3.05, 3.63) is 71.4 Å². The van der Waals surface area contributed by atoms with E-state index in [0.717, 1.165) is 11.3 Å².